The van der Waals surface area contributed by atoms with Crippen molar-refractivity contribution in [2.24, 2.45) is 7.05 Å². The highest BCUT2D eigenvalue weighted by Gasteiger charge is 2.29. The van der Waals surface area contributed by atoms with Gasteiger partial charge in [-0.1, -0.05) is 6.07 Å². The molecule has 4 aromatic heterocycles. The molecular weight excluding hydrogens is 618 g/mol. The SMILES string of the molecule is Cn1cc(-c2ncc(-c3cc(NC(=O)c4ccnc(C(C)(F)F)c4)ccc3Cc3cc(C(=O)O)cc(C(C)(F)F)n3)cc2C#N)cn1. The van der Waals surface area contributed by atoms with Crippen molar-refractivity contribution in [1.29, 1.82) is 5.26 Å². The molecule has 0 saturated carbocycles. The minimum atomic E-state index is -3.42. The Morgan fingerprint density at radius 2 is 1.66 bits per heavy atom. The standard InChI is InChI=1S/C33H25F4N7O3/c1-32(34,35)27-11-19(6-7-39-27)30(45)43-24-5-4-18(9-25-10-20(31(46)47)12-28(42-25)33(2,36)37)26(13-24)22-8-21(14-38)29(40-15-22)23-16-41-44(3)17-23/h4-8,10-13,15-17H,9H2,1-3H3,(H,43,45)(H,46,47). The van der Waals surface area contributed by atoms with E-state index in [0.29, 0.717) is 41.8 Å². The highest BCUT2D eigenvalue weighted by atomic mass is 19.3. The van der Waals surface area contributed by atoms with Crippen molar-refractivity contribution >= 4 is 17.6 Å². The molecule has 0 unspecified atom stereocenters. The van der Waals surface area contributed by atoms with Gasteiger partial charge in [-0.15, -0.1) is 0 Å². The molecule has 0 radical (unpaired) electrons. The van der Waals surface area contributed by atoms with E-state index >= 15 is 0 Å². The number of carbonyl (C=O) groups is 2. The van der Waals surface area contributed by atoms with Crippen molar-refractivity contribution in [3.05, 3.63) is 113 Å². The summed E-state index contributed by atoms with van der Waals surface area (Å²) in [7, 11) is 1.71. The molecule has 0 spiro atoms. The number of nitrogens with zero attached hydrogens (tertiary/aromatic N) is 6. The lowest BCUT2D eigenvalue weighted by Crippen LogP contribution is -2.16. The predicted molar refractivity (Wildman–Crippen MR) is 162 cm³/mol. The maximum absolute atomic E-state index is 14.2. The average Bonchev–Trinajstić information content (AvgIpc) is 3.46. The molecule has 238 valence electrons. The molecule has 0 aliphatic heterocycles. The average molecular weight is 644 g/mol. The van der Waals surface area contributed by atoms with Crippen LogP contribution in [-0.2, 0) is 25.3 Å². The molecule has 1 aromatic carbocycles. The van der Waals surface area contributed by atoms with E-state index in [1.165, 1.54) is 24.4 Å². The first-order valence-corrected chi connectivity index (χ1v) is 13.9. The molecule has 47 heavy (non-hydrogen) atoms. The second kappa shape index (κ2) is 12.4. The van der Waals surface area contributed by atoms with Gasteiger partial charge in [-0.2, -0.15) is 27.9 Å². The number of alkyl halides is 4. The van der Waals surface area contributed by atoms with E-state index in [-0.39, 0.29) is 34.5 Å². The van der Waals surface area contributed by atoms with E-state index < -0.39 is 35.1 Å². The second-order valence-electron chi connectivity index (χ2n) is 10.9. The summed E-state index contributed by atoms with van der Waals surface area (Å²) in [5.74, 6) is -8.80. The highest BCUT2D eigenvalue weighted by Crippen LogP contribution is 2.33. The first-order valence-electron chi connectivity index (χ1n) is 13.9. The van der Waals surface area contributed by atoms with Crippen molar-refractivity contribution < 1.29 is 32.3 Å². The third-order valence-electron chi connectivity index (χ3n) is 7.08. The molecule has 2 N–H and O–H groups in total. The van der Waals surface area contributed by atoms with Crippen LogP contribution in [0.2, 0.25) is 0 Å². The Morgan fingerprint density at radius 1 is 0.936 bits per heavy atom. The summed E-state index contributed by atoms with van der Waals surface area (Å²) in [5, 5.41) is 26.3. The van der Waals surface area contributed by atoms with Crippen molar-refractivity contribution in [3.63, 3.8) is 0 Å². The van der Waals surface area contributed by atoms with Crippen LogP contribution >= 0.6 is 0 Å². The zero-order valence-electron chi connectivity index (χ0n) is 25.1. The first kappa shape index (κ1) is 32.4. The van der Waals surface area contributed by atoms with Gasteiger partial charge in [0.15, 0.2) is 0 Å². The summed E-state index contributed by atoms with van der Waals surface area (Å²) in [6.45, 7) is 1.27. The van der Waals surface area contributed by atoms with Crippen LogP contribution in [0.5, 0.6) is 0 Å². The molecule has 14 heteroatoms. The number of carboxylic acids is 1. The number of aromatic carboxylic acids is 1. The smallest absolute Gasteiger partial charge is 0.335 e. The number of hydrogen-bond donors (Lipinski definition) is 2. The normalized spacial score (nSPS) is 11.6. The van der Waals surface area contributed by atoms with Gasteiger partial charge in [0, 0.05) is 74.0 Å². The van der Waals surface area contributed by atoms with Crippen molar-refractivity contribution in [3.8, 4) is 28.5 Å². The van der Waals surface area contributed by atoms with E-state index in [4.69, 9.17) is 0 Å². The topological polar surface area (TPSA) is 147 Å². The fourth-order valence-corrected chi connectivity index (χ4v) is 4.78. The lowest BCUT2D eigenvalue weighted by molar-refractivity contribution is 0.0119. The number of rotatable bonds is 9. The number of nitrogens with one attached hydrogen (secondary N) is 1. The number of amides is 1. The van der Waals surface area contributed by atoms with Crippen LogP contribution < -0.4 is 5.32 Å². The van der Waals surface area contributed by atoms with Crippen LogP contribution in [-0.4, -0.2) is 41.7 Å². The number of carbonyl (C=O) groups excluding carboxylic acids is 1. The Morgan fingerprint density at radius 3 is 2.30 bits per heavy atom. The first-order chi connectivity index (χ1) is 22.1. The van der Waals surface area contributed by atoms with Gasteiger partial charge in [0.2, 0.25) is 0 Å². The van der Waals surface area contributed by atoms with Gasteiger partial charge in [0.25, 0.3) is 17.8 Å². The summed E-state index contributed by atoms with van der Waals surface area (Å²) in [6.07, 6.45) is 5.70. The molecule has 1 amide bonds. The van der Waals surface area contributed by atoms with Gasteiger partial charge in [0.1, 0.15) is 17.5 Å². The molecule has 0 aliphatic carbocycles. The molecule has 0 fully saturated rings. The number of aryl methyl sites for hydroxylation is 1. The summed E-state index contributed by atoms with van der Waals surface area (Å²) >= 11 is 0. The van der Waals surface area contributed by atoms with Crippen LogP contribution in [0, 0.1) is 11.3 Å². The minimum absolute atomic E-state index is 0.0321. The molecule has 0 bridgehead atoms. The largest absolute Gasteiger partial charge is 0.478 e. The number of nitriles is 1. The lowest BCUT2D eigenvalue weighted by atomic mass is 9.94. The number of benzene rings is 1. The van der Waals surface area contributed by atoms with Gasteiger partial charge in [-0.05, 0) is 53.6 Å². The van der Waals surface area contributed by atoms with E-state index in [2.05, 4.69) is 31.4 Å². The van der Waals surface area contributed by atoms with Crippen LogP contribution in [0.1, 0.15) is 62.8 Å². The number of aromatic nitrogens is 5. The third-order valence-corrected chi connectivity index (χ3v) is 7.08. The Kier molecular flexibility index (Phi) is 8.58. The van der Waals surface area contributed by atoms with Crippen molar-refractivity contribution in [2.45, 2.75) is 32.1 Å². The van der Waals surface area contributed by atoms with Crippen LogP contribution in [0.15, 0.2) is 73.3 Å². The Labute approximate surface area is 265 Å². The molecule has 0 saturated heterocycles. The maximum atomic E-state index is 14.2. The summed E-state index contributed by atoms with van der Waals surface area (Å²) in [4.78, 5) is 36.9. The highest BCUT2D eigenvalue weighted by molar-refractivity contribution is 6.04. The molecule has 5 rings (SSSR count). The van der Waals surface area contributed by atoms with Crippen molar-refractivity contribution in [1.82, 2.24) is 24.7 Å². The zero-order chi connectivity index (χ0) is 34.1. The number of halogens is 4. The molecule has 4 heterocycles. The Hall–Kier alpha value is -5.97. The van der Waals surface area contributed by atoms with Gasteiger partial charge >= 0.3 is 5.97 Å². The van der Waals surface area contributed by atoms with E-state index in [9.17, 15) is 37.5 Å². The van der Waals surface area contributed by atoms with Crippen LogP contribution in [0.3, 0.4) is 0 Å². The predicted octanol–water partition coefficient (Wildman–Crippen LogP) is 6.58. The number of pyridine rings is 3. The van der Waals surface area contributed by atoms with E-state index in [1.807, 2.05) is 0 Å². The zero-order valence-corrected chi connectivity index (χ0v) is 25.1. The monoisotopic (exact) mass is 643 g/mol. The van der Waals surface area contributed by atoms with Gasteiger partial charge < -0.3 is 10.4 Å². The molecule has 10 nitrogen and oxygen atoms in total. The fourth-order valence-electron chi connectivity index (χ4n) is 4.78. The van der Waals surface area contributed by atoms with Crippen molar-refractivity contribution in [2.75, 3.05) is 5.32 Å². The van der Waals surface area contributed by atoms with Gasteiger partial charge in [-0.25, -0.2) is 4.79 Å². The number of anilines is 1. The van der Waals surface area contributed by atoms with E-state index in [1.54, 1.807) is 42.3 Å². The lowest BCUT2D eigenvalue weighted by Gasteiger charge is -2.16. The van der Waals surface area contributed by atoms with Gasteiger partial charge in [-0.3, -0.25) is 24.4 Å². The quantitative estimate of drug-likeness (QED) is 0.171. The molecule has 0 atom stereocenters. The number of carboxylic acid groups (broad SMARTS) is 1. The molecule has 0 aliphatic rings. The Balaban J connectivity index is 1.60. The third kappa shape index (κ3) is 7.30. The van der Waals surface area contributed by atoms with E-state index in [0.717, 1.165) is 18.3 Å². The number of hydrogen-bond acceptors (Lipinski definition) is 7. The van der Waals surface area contributed by atoms with Gasteiger partial charge in [0.05, 0.1) is 23.0 Å². The maximum Gasteiger partial charge on any atom is 0.335 e. The Bertz CT molecular complexity index is 2060. The summed E-state index contributed by atoms with van der Waals surface area (Å²) < 4.78 is 57.7. The summed E-state index contributed by atoms with van der Waals surface area (Å²) in [5.41, 5.74) is 0.956. The van der Waals surface area contributed by atoms with Crippen LogP contribution in [0.4, 0.5) is 23.2 Å². The molecular formula is C33H25F4N7O3. The minimum Gasteiger partial charge on any atom is -0.478 e. The fraction of sp³-hybridized carbons (Fsp3) is 0.182. The summed E-state index contributed by atoms with van der Waals surface area (Å²) in [6, 6.07) is 12.6. The van der Waals surface area contributed by atoms with Crippen LogP contribution in [0.25, 0.3) is 22.4 Å². The second-order valence-corrected chi connectivity index (χ2v) is 10.9. The molecule has 5 aromatic rings.